The first-order valence-corrected chi connectivity index (χ1v) is 7.40. The van der Waals surface area contributed by atoms with E-state index in [1.165, 1.54) is 6.33 Å². The van der Waals surface area contributed by atoms with Gasteiger partial charge in [-0.3, -0.25) is 0 Å². The van der Waals surface area contributed by atoms with Gasteiger partial charge in [0.1, 0.15) is 12.0 Å². The average Bonchev–Trinajstić information content (AvgIpc) is 2.53. The van der Waals surface area contributed by atoms with Gasteiger partial charge in [0.05, 0.1) is 0 Å². The number of hydrogen-bond acceptors (Lipinski definition) is 6. The summed E-state index contributed by atoms with van der Waals surface area (Å²) in [4.78, 5) is 8.33. The van der Waals surface area contributed by atoms with E-state index in [-0.39, 0.29) is 0 Å². The molecule has 1 heterocycles. The minimum absolute atomic E-state index is 0.493. The maximum atomic E-state index is 6.13. The normalized spacial score (nSPS) is 10.5. The SMILES string of the molecule is COCCCNc1ncnc(NCc2ccccc2Cl)c1N. The van der Waals surface area contributed by atoms with Crippen LogP contribution < -0.4 is 16.4 Å². The van der Waals surface area contributed by atoms with E-state index in [0.29, 0.717) is 35.5 Å². The molecule has 0 atom stereocenters. The zero-order valence-electron chi connectivity index (χ0n) is 12.5. The number of nitrogen functional groups attached to an aromatic ring is 1. The van der Waals surface area contributed by atoms with E-state index in [2.05, 4.69) is 20.6 Å². The van der Waals surface area contributed by atoms with Crippen LogP contribution in [-0.4, -0.2) is 30.2 Å². The number of ether oxygens (including phenoxy) is 1. The highest BCUT2D eigenvalue weighted by molar-refractivity contribution is 6.31. The fraction of sp³-hybridized carbons (Fsp3) is 0.333. The van der Waals surface area contributed by atoms with Gasteiger partial charge in [-0.05, 0) is 18.1 Å². The van der Waals surface area contributed by atoms with Crippen LogP contribution in [0.25, 0.3) is 0 Å². The van der Waals surface area contributed by atoms with E-state index in [1.807, 2.05) is 24.3 Å². The van der Waals surface area contributed by atoms with Gasteiger partial charge in [-0.25, -0.2) is 9.97 Å². The van der Waals surface area contributed by atoms with E-state index in [4.69, 9.17) is 22.1 Å². The van der Waals surface area contributed by atoms with Crippen LogP contribution >= 0.6 is 11.6 Å². The predicted molar refractivity (Wildman–Crippen MR) is 90.2 cm³/mol. The molecule has 4 N–H and O–H groups in total. The molecular weight excluding hydrogens is 302 g/mol. The fourth-order valence-corrected chi connectivity index (χ4v) is 2.12. The Balaban J connectivity index is 1.98. The summed E-state index contributed by atoms with van der Waals surface area (Å²) in [5.74, 6) is 1.21. The monoisotopic (exact) mass is 321 g/mol. The first-order chi connectivity index (χ1) is 10.7. The number of rotatable bonds is 8. The second kappa shape index (κ2) is 8.41. The Morgan fingerprint density at radius 2 is 1.91 bits per heavy atom. The first kappa shape index (κ1) is 16.3. The highest BCUT2D eigenvalue weighted by Gasteiger charge is 2.08. The molecule has 1 aromatic heterocycles. The fourth-order valence-electron chi connectivity index (χ4n) is 1.92. The summed E-state index contributed by atoms with van der Waals surface area (Å²) in [5.41, 5.74) is 7.56. The molecule has 22 heavy (non-hydrogen) atoms. The van der Waals surface area contributed by atoms with Crippen molar-refractivity contribution in [3.63, 3.8) is 0 Å². The number of aromatic nitrogens is 2. The van der Waals surface area contributed by atoms with Gasteiger partial charge in [-0.2, -0.15) is 0 Å². The zero-order chi connectivity index (χ0) is 15.8. The van der Waals surface area contributed by atoms with Crippen LogP contribution in [-0.2, 0) is 11.3 Å². The lowest BCUT2D eigenvalue weighted by atomic mass is 10.2. The van der Waals surface area contributed by atoms with Crippen molar-refractivity contribution in [2.45, 2.75) is 13.0 Å². The van der Waals surface area contributed by atoms with Crippen molar-refractivity contribution < 1.29 is 4.74 Å². The third-order valence-corrected chi connectivity index (χ3v) is 3.47. The Labute approximate surface area is 135 Å². The number of nitrogens with one attached hydrogen (secondary N) is 2. The predicted octanol–water partition coefficient (Wildman–Crippen LogP) is 2.77. The molecule has 0 saturated carbocycles. The van der Waals surface area contributed by atoms with E-state index in [9.17, 15) is 0 Å². The molecule has 118 valence electrons. The quantitative estimate of drug-likeness (QED) is 0.648. The largest absolute Gasteiger partial charge is 0.393 e. The standard InChI is InChI=1S/C15H20ClN5O/c1-22-8-4-7-18-14-13(17)15(21-10-20-14)19-9-11-5-2-3-6-12(11)16/h2-3,5-6,10H,4,7-9,17H2,1H3,(H2,18,19,20,21). The molecule has 2 rings (SSSR count). The molecule has 2 aromatic rings. The van der Waals surface area contributed by atoms with Crippen molar-refractivity contribution in [1.82, 2.24) is 9.97 Å². The number of halogens is 1. The summed E-state index contributed by atoms with van der Waals surface area (Å²) in [6.45, 7) is 1.97. The van der Waals surface area contributed by atoms with Crippen LogP contribution in [0.2, 0.25) is 5.02 Å². The van der Waals surface area contributed by atoms with Gasteiger partial charge >= 0.3 is 0 Å². The Morgan fingerprint density at radius 1 is 1.18 bits per heavy atom. The molecule has 0 amide bonds. The van der Waals surface area contributed by atoms with Crippen LogP contribution in [0.3, 0.4) is 0 Å². The summed E-state index contributed by atoms with van der Waals surface area (Å²) in [6, 6.07) is 7.64. The van der Waals surface area contributed by atoms with Gasteiger partial charge in [0.25, 0.3) is 0 Å². The lowest BCUT2D eigenvalue weighted by Gasteiger charge is -2.13. The molecule has 7 heteroatoms. The van der Waals surface area contributed by atoms with Gasteiger partial charge in [0.15, 0.2) is 11.6 Å². The van der Waals surface area contributed by atoms with Gasteiger partial charge in [0, 0.05) is 31.8 Å². The molecule has 0 bridgehead atoms. The molecule has 0 fully saturated rings. The molecular formula is C15H20ClN5O. The molecule has 0 unspecified atom stereocenters. The van der Waals surface area contributed by atoms with Crippen molar-refractivity contribution in [2.75, 3.05) is 36.6 Å². The Kier molecular flexibility index (Phi) is 6.24. The van der Waals surface area contributed by atoms with Crippen molar-refractivity contribution in [3.05, 3.63) is 41.2 Å². The summed E-state index contributed by atoms with van der Waals surface area (Å²) in [7, 11) is 1.68. The molecule has 0 radical (unpaired) electrons. The molecule has 1 aromatic carbocycles. The second-order valence-electron chi connectivity index (χ2n) is 4.70. The average molecular weight is 322 g/mol. The topological polar surface area (TPSA) is 85.1 Å². The maximum absolute atomic E-state index is 6.13. The van der Waals surface area contributed by atoms with Crippen molar-refractivity contribution >= 4 is 28.9 Å². The number of nitrogens with two attached hydrogens (primary N) is 1. The second-order valence-corrected chi connectivity index (χ2v) is 5.11. The van der Waals surface area contributed by atoms with Crippen LogP contribution in [0.4, 0.5) is 17.3 Å². The number of nitrogens with zero attached hydrogens (tertiary/aromatic N) is 2. The van der Waals surface area contributed by atoms with E-state index in [1.54, 1.807) is 7.11 Å². The van der Waals surface area contributed by atoms with E-state index >= 15 is 0 Å². The van der Waals surface area contributed by atoms with Crippen molar-refractivity contribution in [1.29, 1.82) is 0 Å². The van der Waals surface area contributed by atoms with Crippen LogP contribution in [0.5, 0.6) is 0 Å². The molecule has 0 aliphatic rings. The Bertz CT molecular complexity index is 608. The molecule has 0 saturated heterocycles. The summed E-state index contributed by atoms with van der Waals surface area (Å²) in [5, 5.41) is 7.07. The third-order valence-electron chi connectivity index (χ3n) is 3.11. The molecule has 0 aliphatic carbocycles. The molecule has 0 spiro atoms. The molecule has 0 aliphatic heterocycles. The van der Waals surface area contributed by atoms with Crippen LogP contribution in [0.15, 0.2) is 30.6 Å². The van der Waals surface area contributed by atoms with Gasteiger partial charge in [-0.15, -0.1) is 0 Å². The Morgan fingerprint density at radius 3 is 2.64 bits per heavy atom. The highest BCUT2D eigenvalue weighted by atomic mass is 35.5. The lowest BCUT2D eigenvalue weighted by molar-refractivity contribution is 0.198. The number of hydrogen-bond donors (Lipinski definition) is 3. The third kappa shape index (κ3) is 4.47. The van der Waals surface area contributed by atoms with Gasteiger partial charge in [0.2, 0.25) is 0 Å². The van der Waals surface area contributed by atoms with Gasteiger partial charge < -0.3 is 21.1 Å². The van der Waals surface area contributed by atoms with Crippen LogP contribution in [0, 0.1) is 0 Å². The number of benzene rings is 1. The van der Waals surface area contributed by atoms with Crippen molar-refractivity contribution in [2.24, 2.45) is 0 Å². The number of anilines is 3. The highest BCUT2D eigenvalue weighted by Crippen LogP contribution is 2.24. The summed E-state index contributed by atoms with van der Waals surface area (Å²) >= 11 is 6.13. The minimum atomic E-state index is 0.493. The smallest absolute Gasteiger partial charge is 0.155 e. The minimum Gasteiger partial charge on any atom is -0.393 e. The first-order valence-electron chi connectivity index (χ1n) is 7.03. The van der Waals surface area contributed by atoms with Crippen LogP contribution in [0.1, 0.15) is 12.0 Å². The lowest BCUT2D eigenvalue weighted by Crippen LogP contribution is -2.11. The van der Waals surface area contributed by atoms with E-state index < -0.39 is 0 Å². The zero-order valence-corrected chi connectivity index (χ0v) is 13.2. The Hall–Kier alpha value is -2.05. The maximum Gasteiger partial charge on any atom is 0.155 e. The number of methoxy groups -OCH3 is 1. The summed E-state index contributed by atoms with van der Waals surface area (Å²) in [6.07, 6.45) is 2.35. The van der Waals surface area contributed by atoms with Crippen molar-refractivity contribution in [3.8, 4) is 0 Å². The molecule has 6 nitrogen and oxygen atoms in total. The summed E-state index contributed by atoms with van der Waals surface area (Å²) < 4.78 is 5.00. The van der Waals surface area contributed by atoms with Gasteiger partial charge in [-0.1, -0.05) is 29.8 Å². The van der Waals surface area contributed by atoms with E-state index in [0.717, 1.165) is 18.5 Å².